The number of nitrogens with zero attached hydrogens (tertiary/aromatic N) is 2. The molecule has 0 atom stereocenters. The van der Waals surface area contributed by atoms with Gasteiger partial charge in [0, 0.05) is 30.3 Å². The van der Waals surface area contributed by atoms with Crippen LogP contribution in [0.4, 0.5) is 22.0 Å². The van der Waals surface area contributed by atoms with Crippen molar-refractivity contribution in [2.75, 3.05) is 0 Å². The molecule has 1 aliphatic rings. The lowest BCUT2D eigenvalue weighted by Gasteiger charge is -2.40. The lowest BCUT2D eigenvalue weighted by molar-refractivity contribution is -0.289. The summed E-state index contributed by atoms with van der Waals surface area (Å²) in [5.74, 6) is -6.19. The number of aromatic nitrogens is 1. The second-order valence-electron chi connectivity index (χ2n) is 7.73. The molecule has 1 aliphatic heterocycles. The van der Waals surface area contributed by atoms with Gasteiger partial charge in [0.15, 0.2) is 0 Å². The number of fused-ring (bicyclic) bond motifs is 1. The minimum Gasteiger partial charge on any atom is -0.481 e. The van der Waals surface area contributed by atoms with Crippen molar-refractivity contribution in [2.24, 2.45) is 0 Å². The topological polar surface area (TPSA) is 71.8 Å². The molecule has 0 aliphatic carbocycles. The van der Waals surface area contributed by atoms with E-state index in [2.05, 4.69) is 0 Å². The third kappa shape index (κ3) is 3.56. The zero-order valence-electron chi connectivity index (χ0n) is 17.4. The van der Waals surface area contributed by atoms with E-state index in [4.69, 9.17) is 4.74 Å². The van der Waals surface area contributed by atoms with Gasteiger partial charge in [-0.3, -0.25) is 19.4 Å². The van der Waals surface area contributed by atoms with Gasteiger partial charge < -0.3 is 4.74 Å². The van der Waals surface area contributed by atoms with Gasteiger partial charge in [-0.05, 0) is 44.5 Å². The first-order valence-electron chi connectivity index (χ1n) is 9.31. The van der Waals surface area contributed by atoms with Crippen molar-refractivity contribution in [1.82, 2.24) is 9.63 Å². The summed E-state index contributed by atoms with van der Waals surface area (Å²) in [6.45, 7) is 4.92. The fourth-order valence-electron chi connectivity index (χ4n) is 3.65. The van der Waals surface area contributed by atoms with Crippen LogP contribution in [0.2, 0.25) is 0 Å². The molecule has 0 unspecified atom stereocenters. The number of rotatable bonds is 3. The number of pyridine rings is 1. The van der Waals surface area contributed by atoms with Crippen LogP contribution in [0, 0.1) is 6.92 Å². The Labute approximate surface area is 179 Å². The van der Waals surface area contributed by atoms with E-state index >= 15 is 0 Å². The van der Waals surface area contributed by atoms with Crippen molar-refractivity contribution < 1.29 is 36.7 Å². The standard InChI is InChI=1S/C21H19F5N2O4/c1-11-13(20(22,23)21(24,25)26)8-9-14-16(11)17(27-10-6-5-7-15(27)30)18(19(3,4)32-14)28(31)12(2)29/h5-10,31H,1-4H3. The third-order valence-electron chi connectivity index (χ3n) is 5.09. The van der Waals surface area contributed by atoms with Crippen molar-refractivity contribution in [3.8, 4) is 5.75 Å². The summed E-state index contributed by atoms with van der Waals surface area (Å²) in [5.41, 5.74) is -4.86. The van der Waals surface area contributed by atoms with Crippen LogP contribution in [0.1, 0.15) is 37.5 Å². The lowest BCUT2D eigenvalue weighted by atomic mass is 9.88. The molecule has 0 bridgehead atoms. The number of benzene rings is 1. The number of alkyl halides is 5. The van der Waals surface area contributed by atoms with E-state index in [0.29, 0.717) is 6.07 Å². The summed E-state index contributed by atoms with van der Waals surface area (Å²) < 4.78 is 74.6. The maximum absolute atomic E-state index is 14.3. The fraction of sp³-hybridized carbons (Fsp3) is 0.333. The minimum atomic E-state index is -5.88. The zero-order valence-corrected chi connectivity index (χ0v) is 17.4. The van der Waals surface area contributed by atoms with Gasteiger partial charge in [0.25, 0.3) is 5.56 Å². The SMILES string of the molecule is CC(=O)N(O)C1=C(n2ccccc2=O)c2c(ccc(C(F)(F)C(F)(F)F)c2C)OC1(C)C. The number of hydrogen-bond acceptors (Lipinski definition) is 4. The van der Waals surface area contributed by atoms with E-state index in [-0.39, 0.29) is 27.8 Å². The molecule has 11 heteroatoms. The monoisotopic (exact) mass is 458 g/mol. The van der Waals surface area contributed by atoms with Crippen molar-refractivity contribution >= 4 is 11.6 Å². The Morgan fingerprint density at radius 2 is 1.75 bits per heavy atom. The highest BCUT2D eigenvalue weighted by Gasteiger charge is 2.59. The molecular formula is C21H19F5N2O4. The number of hydroxylamine groups is 2. The number of carbonyl (C=O) groups is 1. The van der Waals surface area contributed by atoms with Gasteiger partial charge in [0.1, 0.15) is 17.0 Å². The molecule has 32 heavy (non-hydrogen) atoms. The van der Waals surface area contributed by atoms with Crippen LogP contribution in [0.15, 0.2) is 47.0 Å². The highest BCUT2D eigenvalue weighted by Crippen LogP contribution is 2.50. The fourth-order valence-corrected chi connectivity index (χ4v) is 3.65. The Kier molecular flexibility index (Phi) is 5.45. The van der Waals surface area contributed by atoms with Crippen molar-refractivity contribution in [3.63, 3.8) is 0 Å². The van der Waals surface area contributed by atoms with Gasteiger partial charge in [0.2, 0.25) is 5.91 Å². The molecule has 0 fully saturated rings. The number of amides is 1. The molecule has 3 rings (SSSR count). The predicted octanol–water partition coefficient (Wildman–Crippen LogP) is 4.44. The smallest absolute Gasteiger partial charge is 0.458 e. The van der Waals surface area contributed by atoms with Crippen LogP contribution in [0.5, 0.6) is 5.75 Å². The molecule has 6 nitrogen and oxygen atoms in total. The van der Waals surface area contributed by atoms with Crippen molar-refractivity contribution in [2.45, 2.75) is 45.4 Å². The van der Waals surface area contributed by atoms with E-state index in [1.54, 1.807) is 0 Å². The summed E-state index contributed by atoms with van der Waals surface area (Å²) in [6.07, 6.45) is -4.63. The molecule has 2 heterocycles. The van der Waals surface area contributed by atoms with Gasteiger partial charge in [-0.1, -0.05) is 6.07 Å². The lowest BCUT2D eigenvalue weighted by Crippen LogP contribution is -2.46. The van der Waals surface area contributed by atoms with Crippen LogP contribution in [0.25, 0.3) is 5.70 Å². The average molecular weight is 458 g/mol. The molecule has 0 saturated carbocycles. The maximum Gasteiger partial charge on any atom is 0.458 e. The average Bonchev–Trinajstić information content (AvgIpc) is 2.65. The van der Waals surface area contributed by atoms with Gasteiger partial charge >= 0.3 is 12.1 Å². The Morgan fingerprint density at radius 3 is 2.28 bits per heavy atom. The molecule has 0 radical (unpaired) electrons. The van der Waals surface area contributed by atoms with E-state index < -0.39 is 40.3 Å². The first kappa shape index (κ1) is 23.5. The van der Waals surface area contributed by atoms with Gasteiger partial charge in [-0.25, -0.2) is 0 Å². The Hall–Kier alpha value is -3.21. The normalized spacial score (nSPS) is 15.8. The molecule has 1 N–H and O–H groups in total. The summed E-state index contributed by atoms with van der Waals surface area (Å²) in [4.78, 5) is 24.6. The van der Waals surface area contributed by atoms with Gasteiger partial charge in [-0.15, -0.1) is 0 Å². The first-order valence-corrected chi connectivity index (χ1v) is 9.31. The van der Waals surface area contributed by atoms with Crippen LogP contribution >= 0.6 is 0 Å². The van der Waals surface area contributed by atoms with E-state index in [1.807, 2.05) is 0 Å². The highest BCUT2D eigenvalue weighted by atomic mass is 19.4. The quantitative estimate of drug-likeness (QED) is 0.420. The maximum atomic E-state index is 14.3. The molecule has 0 saturated heterocycles. The Morgan fingerprint density at radius 1 is 1.12 bits per heavy atom. The molecule has 172 valence electrons. The first-order chi connectivity index (χ1) is 14.6. The van der Waals surface area contributed by atoms with Crippen molar-refractivity contribution in [1.29, 1.82) is 0 Å². The molecule has 1 aromatic heterocycles. The summed E-state index contributed by atoms with van der Waals surface area (Å²) in [5, 5.41) is 10.7. The number of ether oxygens (including phenoxy) is 1. The predicted molar refractivity (Wildman–Crippen MR) is 103 cm³/mol. The summed E-state index contributed by atoms with van der Waals surface area (Å²) >= 11 is 0. The molecule has 1 aromatic carbocycles. The largest absolute Gasteiger partial charge is 0.481 e. The number of hydrogen-bond donors (Lipinski definition) is 1. The zero-order chi connectivity index (χ0) is 24.2. The van der Waals surface area contributed by atoms with Gasteiger partial charge in [0.05, 0.1) is 5.70 Å². The second kappa shape index (κ2) is 7.44. The summed E-state index contributed by atoms with van der Waals surface area (Å²) in [7, 11) is 0. The van der Waals surface area contributed by atoms with E-state index in [0.717, 1.165) is 30.5 Å². The molecule has 0 spiro atoms. The minimum absolute atomic E-state index is 0.0966. The van der Waals surface area contributed by atoms with Crippen LogP contribution < -0.4 is 10.3 Å². The Bertz CT molecular complexity index is 1180. The van der Waals surface area contributed by atoms with Gasteiger partial charge in [-0.2, -0.15) is 27.0 Å². The number of carbonyl (C=O) groups excluding carboxylic acids is 1. The molecular weight excluding hydrogens is 439 g/mol. The molecule has 1 amide bonds. The highest BCUT2D eigenvalue weighted by molar-refractivity contribution is 5.84. The third-order valence-corrected chi connectivity index (χ3v) is 5.09. The van der Waals surface area contributed by atoms with E-state index in [1.165, 1.54) is 32.2 Å². The van der Waals surface area contributed by atoms with Crippen molar-refractivity contribution in [3.05, 3.63) is 69.3 Å². The van der Waals surface area contributed by atoms with Crippen LogP contribution in [0.3, 0.4) is 0 Å². The Balaban J connectivity index is 2.51. The molecule has 2 aromatic rings. The van der Waals surface area contributed by atoms with E-state index in [9.17, 15) is 36.7 Å². The second-order valence-corrected chi connectivity index (χ2v) is 7.73. The van der Waals surface area contributed by atoms with Crippen LogP contribution in [-0.2, 0) is 10.7 Å². The van der Waals surface area contributed by atoms with Crippen LogP contribution in [-0.4, -0.2) is 32.5 Å². The number of halogens is 5. The summed E-state index contributed by atoms with van der Waals surface area (Å²) in [6, 6.07) is 5.50.